The third kappa shape index (κ3) is 4.94. The van der Waals surface area contributed by atoms with Crippen molar-refractivity contribution in [3.05, 3.63) is 82.6 Å². The summed E-state index contributed by atoms with van der Waals surface area (Å²) < 4.78 is 16.2. The maximum Gasteiger partial charge on any atom is 0.340 e. The highest BCUT2D eigenvalue weighted by Gasteiger charge is 2.19. The normalized spacial score (nSPS) is 10.4. The average molecular weight is 411 g/mol. The first-order valence-corrected chi connectivity index (χ1v) is 9.74. The van der Waals surface area contributed by atoms with Crippen LogP contribution in [0, 0.1) is 6.92 Å². The zero-order valence-electron chi connectivity index (χ0n) is 16.2. The monoisotopic (exact) mass is 411 g/mol. The zero-order chi connectivity index (χ0) is 20.8. The van der Waals surface area contributed by atoms with Gasteiger partial charge in [0.25, 0.3) is 5.91 Å². The van der Waals surface area contributed by atoms with E-state index in [1.54, 1.807) is 18.2 Å². The molecule has 0 unspecified atom stereocenters. The summed E-state index contributed by atoms with van der Waals surface area (Å²) in [6.07, 6.45) is 2.51. The molecule has 0 aliphatic heterocycles. The van der Waals surface area contributed by atoms with Gasteiger partial charge in [0.1, 0.15) is 23.1 Å². The summed E-state index contributed by atoms with van der Waals surface area (Å²) in [6.45, 7) is 5.78. The number of carbonyl (C=O) groups excluding carboxylic acids is 2. The number of methoxy groups -OCH3 is 1. The number of benzene rings is 1. The van der Waals surface area contributed by atoms with Crippen molar-refractivity contribution in [1.29, 1.82) is 0 Å². The number of hydrogen-bond acceptors (Lipinski definition) is 6. The standard InChI is InChI=1S/C22H21NO5S/c1-4-7-15-8-5-6-9-18(15)27-13-16-10-11-19(28-16)20(24)23-21-17(22(25)26-3)12-14(2)29-21/h4-6,8-12H,1,7,13H2,2-3H3,(H,23,24). The van der Waals surface area contributed by atoms with Crippen LogP contribution in [0.1, 0.15) is 37.1 Å². The average Bonchev–Trinajstić information content (AvgIpc) is 3.33. The van der Waals surface area contributed by atoms with Crippen LogP contribution >= 0.6 is 11.3 Å². The van der Waals surface area contributed by atoms with E-state index in [-0.39, 0.29) is 12.4 Å². The number of thiophene rings is 1. The van der Waals surface area contributed by atoms with Crippen LogP contribution in [0.25, 0.3) is 0 Å². The highest BCUT2D eigenvalue weighted by Crippen LogP contribution is 2.29. The Morgan fingerprint density at radius 2 is 2.03 bits per heavy atom. The van der Waals surface area contributed by atoms with Gasteiger partial charge in [0.2, 0.25) is 0 Å². The lowest BCUT2D eigenvalue weighted by molar-refractivity contribution is 0.0602. The van der Waals surface area contributed by atoms with Crippen molar-refractivity contribution in [1.82, 2.24) is 0 Å². The summed E-state index contributed by atoms with van der Waals surface area (Å²) in [7, 11) is 1.30. The minimum atomic E-state index is -0.503. The van der Waals surface area contributed by atoms with Crippen molar-refractivity contribution >= 4 is 28.2 Å². The van der Waals surface area contributed by atoms with Crippen molar-refractivity contribution in [2.45, 2.75) is 20.0 Å². The van der Waals surface area contributed by atoms with Crippen LogP contribution in [-0.2, 0) is 17.8 Å². The van der Waals surface area contributed by atoms with Gasteiger partial charge in [0.05, 0.1) is 12.7 Å². The SMILES string of the molecule is C=CCc1ccccc1OCc1ccc(C(=O)Nc2sc(C)cc2C(=O)OC)o1. The molecule has 150 valence electrons. The Morgan fingerprint density at radius 1 is 1.24 bits per heavy atom. The van der Waals surface area contributed by atoms with Crippen LogP contribution in [0.3, 0.4) is 0 Å². The molecule has 3 rings (SSSR count). The number of aryl methyl sites for hydroxylation is 1. The van der Waals surface area contributed by atoms with Crippen molar-refractivity contribution < 1.29 is 23.5 Å². The van der Waals surface area contributed by atoms with Gasteiger partial charge in [-0.1, -0.05) is 24.3 Å². The number of para-hydroxylation sites is 1. The van der Waals surface area contributed by atoms with Gasteiger partial charge in [-0.05, 0) is 43.2 Å². The fourth-order valence-corrected chi connectivity index (χ4v) is 3.62. The number of allylic oxidation sites excluding steroid dienone is 1. The smallest absolute Gasteiger partial charge is 0.340 e. The van der Waals surface area contributed by atoms with E-state index < -0.39 is 11.9 Å². The lowest BCUT2D eigenvalue weighted by Gasteiger charge is -2.09. The number of amides is 1. The van der Waals surface area contributed by atoms with E-state index in [2.05, 4.69) is 11.9 Å². The van der Waals surface area contributed by atoms with Crippen LogP contribution < -0.4 is 10.1 Å². The number of hydrogen-bond donors (Lipinski definition) is 1. The molecule has 6 nitrogen and oxygen atoms in total. The molecule has 29 heavy (non-hydrogen) atoms. The molecule has 0 radical (unpaired) electrons. The molecule has 0 spiro atoms. The van der Waals surface area contributed by atoms with Crippen LogP contribution in [0.15, 0.2) is 59.5 Å². The summed E-state index contributed by atoms with van der Waals surface area (Å²) in [5.74, 6) is 0.433. The predicted octanol–water partition coefficient (Wildman–Crippen LogP) is 5.00. The van der Waals surface area contributed by atoms with Gasteiger partial charge in [-0.15, -0.1) is 17.9 Å². The van der Waals surface area contributed by atoms with Crippen molar-refractivity contribution in [2.75, 3.05) is 12.4 Å². The number of anilines is 1. The van der Waals surface area contributed by atoms with Gasteiger partial charge in [-0.3, -0.25) is 4.79 Å². The summed E-state index contributed by atoms with van der Waals surface area (Å²) in [4.78, 5) is 25.2. The Labute approximate surface area is 172 Å². The summed E-state index contributed by atoms with van der Waals surface area (Å²) in [5.41, 5.74) is 1.34. The Hall–Kier alpha value is -3.32. The maximum atomic E-state index is 12.5. The van der Waals surface area contributed by atoms with Gasteiger partial charge in [-0.25, -0.2) is 4.79 Å². The van der Waals surface area contributed by atoms with E-state index in [1.807, 2.05) is 37.3 Å². The molecule has 0 saturated carbocycles. The second-order valence-corrected chi connectivity index (χ2v) is 7.46. The lowest BCUT2D eigenvalue weighted by Crippen LogP contribution is -2.13. The van der Waals surface area contributed by atoms with Gasteiger partial charge in [-0.2, -0.15) is 0 Å². The van der Waals surface area contributed by atoms with E-state index in [9.17, 15) is 9.59 Å². The number of carbonyl (C=O) groups is 2. The van der Waals surface area contributed by atoms with Crippen molar-refractivity contribution in [3.8, 4) is 5.75 Å². The summed E-state index contributed by atoms with van der Waals surface area (Å²) in [5, 5.41) is 3.13. The summed E-state index contributed by atoms with van der Waals surface area (Å²) >= 11 is 1.29. The number of esters is 1. The maximum absolute atomic E-state index is 12.5. The number of rotatable bonds is 8. The number of nitrogens with one attached hydrogen (secondary N) is 1. The highest BCUT2D eigenvalue weighted by atomic mass is 32.1. The molecule has 3 aromatic rings. The largest absolute Gasteiger partial charge is 0.485 e. The Balaban J connectivity index is 1.67. The van der Waals surface area contributed by atoms with Crippen LogP contribution in [-0.4, -0.2) is 19.0 Å². The molecule has 2 aromatic heterocycles. The highest BCUT2D eigenvalue weighted by molar-refractivity contribution is 7.16. The molecule has 0 fully saturated rings. The molecule has 0 aliphatic carbocycles. The van der Waals surface area contributed by atoms with Gasteiger partial charge in [0, 0.05) is 4.88 Å². The van der Waals surface area contributed by atoms with E-state index in [0.717, 1.165) is 16.2 Å². The second kappa shape index (κ2) is 9.25. The Kier molecular flexibility index (Phi) is 6.51. The van der Waals surface area contributed by atoms with E-state index >= 15 is 0 Å². The second-order valence-electron chi connectivity index (χ2n) is 6.20. The van der Waals surface area contributed by atoms with Gasteiger partial charge in [0.15, 0.2) is 5.76 Å². The molecule has 0 saturated heterocycles. The first-order valence-electron chi connectivity index (χ1n) is 8.92. The minimum absolute atomic E-state index is 0.129. The topological polar surface area (TPSA) is 77.8 Å². The number of furan rings is 1. The number of ether oxygens (including phenoxy) is 2. The molecule has 1 aromatic carbocycles. The van der Waals surface area contributed by atoms with Crippen LogP contribution in [0.5, 0.6) is 5.75 Å². The van der Waals surface area contributed by atoms with Crippen LogP contribution in [0.4, 0.5) is 5.00 Å². The van der Waals surface area contributed by atoms with E-state index in [1.165, 1.54) is 18.4 Å². The summed E-state index contributed by atoms with van der Waals surface area (Å²) in [6, 6.07) is 12.6. The first kappa shape index (κ1) is 20.4. The molecular formula is C22H21NO5S. The first-order chi connectivity index (χ1) is 14.0. The Bertz CT molecular complexity index is 1030. The fourth-order valence-electron chi connectivity index (χ4n) is 2.73. The molecule has 7 heteroatoms. The van der Waals surface area contributed by atoms with Gasteiger partial charge < -0.3 is 19.2 Å². The molecule has 0 bridgehead atoms. The molecule has 1 N–H and O–H groups in total. The van der Waals surface area contributed by atoms with Crippen molar-refractivity contribution in [2.24, 2.45) is 0 Å². The zero-order valence-corrected chi connectivity index (χ0v) is 17.0. The Morgan fingerprint density at radius 3 is 2.79 bits per heavy atom. The minimum Gasteiger partial charge on any atom is -0.485 e. The molecule has 0 aliphatic rings. The molecule has 2 heterocycles. The fraction of sp³-hybridized carbons (Fsp3) is 0.182. The quantitative estimate of drug-likeness (QED) is 0.417. The van der Waals surface area contributed by atoms with E-state index in [0.29, 0.717) is 22.7 Å². The van der Waals surface area contributed by atoms with Crippen molar-refractivity contribution in [3.63, 3.8) is 0 Å². The molecule has 0 atom stereocenters. The van der Waals surface area contributed by atoms with Gasteiger partial charge >= 0.3 is 5.97 Å². The molecular weight excluding hydrogens is 390 g/mol. The lowest BCUT2D eigenvalue weighted by atomic mass is 10.1. The molecule has 1 amide bonds. The third-order valence-corrected chi connectivity index (χ3v) is 5.05. The predicted molar refractivity (Wildman–Crippen MR) is 112 cm³/mol. The van der Waals surface area contributed by atoms with Crippen LogP contribution in [0.2, 0.25) is 0 Å². The third-order valence-electron chi connectivity index (χ3n) is 4.08. The van der Waals surface area contributed by atoms with E-state index in [4.69, 9.17) is 13.9 Å².